The van der Waals surface area contributed by atoms with Crippen LogP contribution in [0.5, 0.6) is 0 Å². The molecule has 1 fully saturated rings. The molecule has 6 heteroatoms. The molecule has 0 spiro atoms. The topological polar surface area (TPSA) is 55.9 Å². The summed E-state index contributed by atoms with van der Waals surface area (Å²) in [5, 5.41) is 3.11. The number of hydrogen-bond acceptors (Lipinski definition) is 4. The van der Waals surface area contributed by atoms with Gasteiger partial charge in [0.25, 0.3) is 0 Å². The number of nitrogens with one attached hydrogen (secondary N) is 1. The third kappa shape index (κ3) is 5.57. The summed E-state index contributed by atoms with van der Waals surface area (Å²) >= 11 is 0. The molecule has 2 amide bonds. The van der Waals surface area contributed by atoms with Crippen LogP contribution in [-0.2, 0) is 9.59 Å². The molecule has 0 aliphatic carbocycles. The Hall–Kier alpha value is -1.14. The van der Waals surface area contributed by atoms with E-state index in [0.29, 0.717) is 39.3 Å². The molecule has 0 bridgehead atoms. The summed E-state index contributed by atoms with van der Waals surface area (Å²) in [6.07, 6.45) is 1.03. The van der Waals surface area contributed by atoms with Crippen LogP contribution in [0.2, 0.25) is 0 Å². The SMILES string of the molecule is CCCNCC(=O)N1CCN(C(=O)CN(C)C)CC1. The second-order valence-electron chi connectivity index (χ2n) is 5.18. The van der Waals surface area contributed by atoms with Crippen molar-refractivity contribution < 1.29 is 9.59 Å². The molecule has 0 saturated carbocycles. The molecule has 1 saturated heterocycles. The fourth-order valence-electron chi connectivity index (χ4n) is 2.06. The van der Waals surface area contributed by atoms with Gasteiger partial charge in [0.15, 0.2) is 0 Å². The van der Waals surface area contributed by atoms with Crippen molar-refractivity contribution in [1.82, 2.24) is 20.0 Å². The standard InChI is InChI=1S/C13H26N4O2/c1-4-5-14-10-12(18)16-6-8-17(9-7-16)13(19)11-15(2)3/h14H,4-11H2,1-3H3. The summed E-state index contributed by atoms with van der Waals surface area (Å²) in [7, 11) is 3.77. The van der Waals surface area contributed by atoms with Crippen LogP contribution in [0, 0.1) is 0 Å². The van der Waals surface area contributed by atoms with E-state index in [1.54, 1.807) is 0 Å². The first kappa shape index (κ1) is 15.9. The third-order valence-electron chi connectivity index (χ3n) is 3.14. The van der Waals surface area contributed by atoms with Gasteiger partial charge in [-0.15, -0.1) is 0 Å². The van der Waals surface area contributed by atoms with E-state index in [9.17, 15) is 9.59 Å². The summed E-state index contributed by atoms with van der Waals surface area (Å²) in [5.74, 6) is 0.273. The van der Waals surface area contributed by atoms with Gasteiger partial charge in [0.1, 0.15) is 0 Å². The number of amides is 2. The average Bonchev–Trinajstić information content (AvgIpc) is 2.38. The summed E-state index contributed by atoms with van der Waals surface area (Å²) in [6.45, 7) is 6.36. The minimum Gasteiger partial charge on any atom is -0.338 e. The van der Waals surface area contributed by atoms with Crippen molar-refractivity contribution >= 4 is 11.8 Å². The Bertz CT molecular complexity index is 299. The number of carbonyl (C=O) groups excluding carboxylic acids is 2. The summed E-state index contributed by atoms with van der Waals surface area (Å²) in [5.41, 5.74) is 0. The van der Waals surface area contributed by atoms with E-state index in [0.717, 1.165) is 13.0 Å². The van der Waals surface area contributed by atoms with Crippen LogP contribution in [0.3, 0.4) is 0 Å². The van der Waals surface area contributed by atoms with Crippen molar-refractivity contribution in [2.75, 3.05) is 59.9 Å². The number of rotatable bonds is 6. The number of piperazine rings is 1. The van der Waals surface area contributed by atoms with E-state index in [-0.39, 0.29) is 11.8 Å². The number of likely N-dealkylation sites (N-methyl/N-ethyl adjacent to an activating group) is 1. The molecule has 0 aromatic carbocycles. The van der Waals surface area contributed by atoms with Crippen molar-refractivity contribution in [3.8, 4) is 0 Å². The third-order valence-corrected chi connectivity index (χ3v) is 3.14. The Morgan fingerprint density at radius 2 is 1.58 bits per heavy atom. The highest BCUT2D eigenvalue weighted by Gasteiger charge is 2.23. The Balaban J connectivity index is 2.28. The van der Waals surface area contributed by atoms with Crippen LogP contribution in [-0.4, -0.2) is 86.4 Å². The van der Waals surface area contributed by atoms with Crippen molar-refractivity contribution in [3.63, 3.8) is 0 Å². The Kier molecular flexibility index (Phi) is 6.80. The van der Waals surface area contributed by atoms with Gasteiger partial charge in [-0.2, -0.15) is 0 Å². The van der Waals surface area contributed by atoms with Crippen LogP contribution in [0.4, 0.5) is 0 Å². The van der Waals surface area contributed by atoms with Gasteiger partial charge in [-0.1, -0.05) is 6.92 Å². The van der Waals surface area contributed by atoms with Crippen molar-refractivity contribution in [1.29, 1.82) is 0 Å². The van der Waals surface area contributed by atoms with Crippen molar-refractivity contribution in [3.05, 3.63) is 0 Å². The highest BCUT2D eigenvalue weighted by atomic mass is 16.2. The maximum atomic E-state index is 11.9. The van der Waals surface area contributed by atoms with Gasteiger partial charge in [0, 0.05) is 26.2 Å². The van der Waals surface area contributed by atoms with Gasteiger partial charge in [0.05, 0.1) is 13.1 Å². The minimum absolute atomic E-state index is 0.133. The first-order chi connectivity index (χ1) is 9.04. The molecular formula is C13H26N4O2. The number of hydrogen-bond donors (Lipinski definition) is 1. The van der Waals surface area contributed by atoms with Crippen molar-refractivity contribution in [2.24, 2.45) is 0 Å². The van der Waals surface area contributed by atoms with Crippen LogP contribution in [0.1, 0.15) is 13.3 Å². The lowest BCUT2D eigenvalue weighted by molar-refractivity contribution is -0.139. The molecular weight excluding hydrogens is 244 g/mol. The van der Waals surface area contributed by atoms with Gasteiger partial charge in [-0.05, 0) is 27.1 Å². The first-order valence-electron chi connectivity index (χ1n) is 6.95. The predicted octanol–water partition coefficient (Wildman–Crippen LogP) is -0.782. The highest BCUT2D eigenvalue weighted by molar-refractivity contribution is 5.80. The van der Waals surface area contributed by atoms with Crippen LogP contribution in [0.25, 0.3) is 0 Å². The Labute approximate surface area is 115 Å². The molecule has 1 aliphatic rings. The quantitative estimate of drug-likeness (QED) is 0.643. The van der Waals surface area contributed by atoms with E-state index in [1.165, 1.54) is 0 Å². The lowest BCUT2D eigenvalue weighted by Gasteiger charge is -2.35. The fourth-order valence-corrected chi connectivity index (χ4v) is 2.06. The molecule has 1 aliphatic heterocycles. The largest absolute Gasteiger partial charge is 0.338 e. The first-order valence-corrected chi connectivity index (χ1v) is 6.95. The van der Waals surface area contributed by atoms with E-state index >= 15 is 0 Å². The average molecular weight is 270 g/mol. The summed E-state index contributed by atoms with van der Waals surface area (Å²) < 4.78 is 0. The summed E-state index contributed by atoms with van der Waals surface area (Å²) in [4.78, 5) is 29.3. The second kappa shape index (κ2) is 8.12. The zero-order chi connectivity index (χ0) is 14.3. The molecule has 1 N–H and O–H groups in total. The molecule has 19 heavy (non-hydrogen) atoms. The zero-order valence-electron chi connectivity index (χ0n) is 12.3. The predicted molar refractivity (Wildman–Crippen MR) is 74.9 cm³/mol. The van der Waals surface area contributed by atoms with E-state index in [4.69, 9.17) is 0 Å². The second-order valence-corrected chi connectivity index (χ2v) is 5.18. The monoisotopic (exact) mass is 270 g/mol. The Morgan fingerprint density at radius 1 is 1.05 bits per heavy atom. The minimum atomic E-state index is 0.133. The van der Waals surface area contributed by atoms with E-state index < -0.39 is 0 Å². The molecule has 1 heterocycles. The Morgan fingerprint density at radius 3 is 2.05 bits per heavy atom. The number of carbonyl (C=O) groups is 2. The molecule has 6 nitrogen and oxygen atoms in total. The molecule has 0 unspecified atom stereocenters. The molecule has 0 aromatic heterocycles. The van der Waals surface area contributed by atoms with E-state index in [2.05, 4.69) is 12.2 Å². The lowest BCUT2D eigenvalue weighted by Crippen LogP contribution is -2.53. The maximum Gasteiger partial charge on any atom is 0.236 e. The smallest absolute Gasteiger partial charge is 0.236 e. The normalized spacial score (nSPS) is 16.0. The molecule has 0 radical (unpaired) electrons. The van der Waals surface area contributed by atoms with Crippen LogP contribution < -0.4 is 5.32 Å². The summed E-state index contributed by atoms with van der Waals surface area (Å²) in [6, 6.07) is 0. The number of nitrogens with zero attached hydrogens (tertiary/aromatic N) is 3. The van der Waals surface area contributed by atoms with Crippen LogP contribution in [0.15, 0.2) is 0 Å². The molecule has 110 valence electrons. The van der Waals surface area contributed by atoms with E-state index in [1.807, 2.05) is 28.8 Å². The maximum absolute atomic E-state index is 11.9. The molecule has 0 aromatic rings. The van der Waals surface area contributed by atoms with Crippen LogP contribution >= 0.6 is 0 Å². The van der Waals surface area contributed by atoms with Crippen molar-refractivity contribution in [2.45, 2.75) is 13.3 Å². The van der Waals surface area contributed by atoms with Gasteiger partial charge in [0.2, 0.25) is 11.8 Å². The van der Waals surface area contributed by atoms with Gasteiger partial charge in [-0.3, -0.25) is 9.59 Å². The fraction of sp³-hybridized carbons (Fsp3) is 0.846. The lowest BCUT2D eigenvalue weighted by atomic mass is 10.3. The zero-order valence-corrected chi connectivity index (χ0v) is 12.3. The van der Waals surface area contributed by atoms with Gasteiger partial charge in [-0.25, -0.2) is 0 Å². The highest BCUT2D eigenvalue weighted by Crippen LogP contribution is 2.03. The molecule has 1 rings (SSSR count). The van der Waals surface area contributed by atoms with Gasteiger partial charge >= 0.3 is 0 Å². The van der Waals surface area contributed by atoms with Gasteiger partial charge < -0.3 is 20.0 Å². The molecule has 0 atom stereocenters.